The highest BCUT2D eigenvalue weighted by Gasteiger charge is 2.31. The van der Waals surface area contributed by atoms with Gasteiger partial charge in [-0.25, -0.2) is 4.79 Å². The van der Waals surface area contributed by atoms with E-state index in [-0.39, 0.29) is 24.0 Å². The molecule has 1 saturated heterocycles. The summed E-state index contributed by atoms with van der Waals surface area (Å²) in [5.74, 6) is 0.0600. The Bertz CT molecular complexity index is 563. The molecule has 1 atom stereocenters. The first-order valence-corrected chi connectivity index (χ1v) is 7.44. The molecule has 5 nitrogen and oxygen atoms in total. The fourth-order valence-electron chi connectivity index (χ4n) is 2.25. The van der Waals surface area contributed by atoms with E-state index in [4.69, 9.17) is 23.2 Å². The van der Waals surface area contributed by atoms with Crippen LogP contribution in [0.4, 0.5) is 10.5 Å². The van der Waals surface area contributed by atoms with Crippen LogP contribution >= 0.6 is 23.2 Å². The lowest BCUT2D eigenvalue weighted by molar-refractivity contribution is -0.129. The summed E-state index contributed by atoms with van der Waals surface area (Å²) >= 11 is 11.7. The smallest absolute Gasteiger partial charge is 0.319 e. The van der Waals surface area contributed by atoms with Gasteiger partial charge >= 0.3 is 6.03 Å². The lowest BCUT2D eigenvalue weighted by Crippen LogP contribution is -2.40. The third-order valence-corrected chi connectivity index (χ3v) is 4.03. The highest BCUT2D eigenvalue weighted by molar-refractivity contribution is 6.42. The van der Waals surface area contributed by atoms with Crippen molar-refractivity contribution in [2.24, 2.45) is 0 Å². The van der Waals surface area contributed by atoms with Crippen molar-refractivity contribution < 1.29 is 9.59 Å². The van der Waals surface area contributed by atoms with E-state index >= 15 is 0 Å². The van der Waals surface area contributed by atoms with Crippen molar-refractivity contribution in [2.45, 2.75) is 32.4 Å². The van der Waals surface area contributed by atoms with E-state index in [2.05, 4.69) is 10.6 Å². The number of hydrogen-bond donors (Lipinski definition) is 2. The number of carbonyl (C=O) groups is 2. The minimum atomic E-state index is -0.364. The van der Waals surface area contributed by atoms with Crippen molar-refractivity contribution in [1.82, 2.24) is 10.2 Å². The standard InChI is InChI=1S/C14H17Cl2N3O2/c1-8(2)19-7-10(6-13(19)20)18-14(21)17-9-3-4-11(15)12(16)5-9/h3-5,8,10H,6-7H2,1-2H3,(H2,17,18,21). The molecule has 1 fully saturated rings. The number of hydrogen-bond acceptors (Lipinski definition) is 2. The number of nitrogens with zero attached hydrogens (tertiary/aromatic N) is 1. The summed E-state index contributed by atoms with van der Waals surface area (Å²) in [4.78, 5) is 25.4. The molecule has 0 spiro atoms. The SMILES string of the molecule is CC(C)N1CC(NC(=O)Nc2ccc(Cl)c(Cl)c2)CC1=O. The largest absolute Gasteiger partial charge is 0.338 e. The summed E-state index contributed by atoms with van der Waals surface area (Å²) in [6.45, 7) is 4.44. The molecule has 0 radical (unpaired) electrons. The van der Waals surface area contributed by atoms with Crippen LogP contribution in [0.15, 0.2) is 18.2 Å². The van der Waals surface area contributed by atoms with Gasteiger partial charge in [0.1, 0.15) is 0 Å². The van der Waals surface area contributed by atoms with Gasteiger partial charge in [0, 0.05) is 24.7 Å². The Labute approximate surface area is 133 Å². The maximum absolute atomic E-state index is 11.9. The Hall–Kier alpha value is -1.46. The number of likely N-dealkylation sites (tertiary alicyclic amines) is 1. The third-order valence-electron chi connectivity index (χ3n) is 3.29. The first-order valence-electron chi connectivity index (χ1n) is 6.69. The maximum Gasteiger partial charge on any atom is 0.319 e. The molecule has 0 aromatic heterocycles. The van der Waals surface area contributed by atoms with Crippen molar-refractivity contribution in [1.29, 1.82) is 0 Å². The summed E-state index contributed by atoms with van der Waals surface area (Å²) in [6.07, 6.45) is 0.326. The molecule has 1 unspecified atom stereocenters. The molecule has 0 saturated carbocycles. The predicted molar refractivity (Wildman–Crippen MR) is 83.9 cm³/mol. The number of rotatable bonds is 3. The van der Waals surface area contributed by atoms with E-state index in [0.29, 0.717) is 28.7 Å². The second kappa shape index (κ2) is 6.54. The number of nitrogens with one attached hydrogen (secondary N) is 2. The van der Waals surface area contributed by atoms with Gasteiger partial charge in [-0.2, -0.15) is 0 Å². The molecule has 1 aliphatic rings. The highest BCUT2D eigenvalue weighted by Crippen LogP contribution is 2.25. The third kappa shape index (κ3) is 4.02. The predicted octanol–water partition coefficient (Wildman–Crippen LogP) is 3.12. The van der Waals surface area contributed by atoms with Gasteiger partial charge in [0.25, 0.3) is 0 Å². The average molecular weight is 330 g/mol. The van der Waals surface area contributed by atoms with Crippen LogP contribution in [-0.2, 0) is 4.79 Å². The van der Waals surface area contributed by atoms with Gasteiger partial charge in [0.05, 0.1) is 16.1 Å². The van der Waals surface area contributed by atoms with Crippen LogP contribution in [0.3, 0.4) is 0 Å². The van der Waals surface area contributed by atoms with Crippen LogP contribution in [0.2, 0.25) is 10.0 Å². The number of amides is 3. The zero-order valence-electron chi connectivity index (χ0n) is 11.8. The molecule has 1 aromatic carbocycles. The van der Waals surface area contributed by atoms with Gasteiger partial charge in [-0.15, -0.1) is 0 Å². The molecule has 21 heavy (non-hydrogen) atoms. The van der Waals surface area contributed by atoms with Crippen LogP contribution < -0.4 is 10.6 Å². The number of urea groups is 1. The molecule has 1 heterocycles. The normalized spacial score (nSPS) is 18.2. The number of benzene rings is 1. The monoisotopic (exact) mass is 329 g/mol. The van der Waals surface area contributed by atoms with Crippen LogP contribution in [0.5, 0.6) is 0 Å². The van der Waals surface area contributed by atoms with Crippen LogP contribution in [-0.4, -0.2) is 35.5 Å². The Morgan fingerprint density at radius 3 is 2.62 bits per heavy atom. The first kappa shape index (κ1) is 15.9. The fraction of sp³-hybridized carbons (Fsp3) is 0.429. The summed E-state index contributed by atoms with van der Waals surface area (Å²) in [6, 6.07) is 4.44. The number of anilines is 1. The average Bonchev–Trinajstić information content (AvgIpc) is 2.75. The van der Waals surface area contributed by atoms with Crippen molar-refractivity contribution in [3.8, 4) is 0 Å². The van der Waals surface area contributed by atoms with Gasteiger partial charge in [0.2, 0.25) is 5.91 Å². The molecular formula is C14H17Cl2N3O2. The van der Waals surface area contributed by atoms with E-state index < -0.39 is 0 Å². The quantitative estimate of drug-likeness (QED) is 0.894. The minimum Gasteiger partial charge on any atom is -0.338 e. The van der Waals surface area contributed by atoms with E-state index in [1.165, 1.54) is 0 Å². The summed E-state index contributed by atoms with van der Waals surface area (Å²) in [5, 5.41) is 6.26. The number of carbonyl (C=O) groups excluding carboxylic acids is 2. The van der Waals surface area contributed by atoms with Gasteiger partial charge in [-0.1, -0.05) is 23.2 Å². The van der Waals surface area contributed by atoms with E-state index in [1.54, 1.807) is 23.1 Å². The van der Waals surface area contributed by atoms with E-state index in [0.717, 1.165) is 0 Å². The highest BCUT2D eigenvalue weighted by atomic mass is 35.5. The fourth-order valence-corrected chi connectivity index (χ4v) is 2.55. The summed E-state index contributed by atoms with van der Waals surface area (Å²) < 4.78 is 0. The first-order chi connectivity index (χ1) is 9.86. The molecule has 3 amide bonds. The molecule has 7 heteroatoms. The zero-order chi connectivity index (χ0) is 15.6. The topological polar surface area (TPSA) is 61.4 Å². The van der Waals surface area contributed by atoms with Crippen LogP contribution in [0, 0.1) is 0 Å². The molecule has 1 aliphatic heterocycles. The summed E-state index contributed by atoms with van der Waals surface area (Å²) in [7, 11) is 0. The van der Waals surface area contributed by atoms with Crippen molar-refractivity contribution in [3.05, 3.63) is 28.2 Å². The molecule has 0 bridgehead atoms. The lowest BCUT2D eigenvalue weighted by Gasteiger charge is -2.21. The van der Waals surface area contributed by atoms with E-state index in [9.17, 15) is 9.59 Å². The lowest BCUT2D eigenvalue weighted by atomic mass is 10.2. The van der Waals surface area contributed by atoms with Crippen LogP contribution in [0.1, 0.15) is 20.3 Å². The molecular weight excluding hydrogens is 313 g/mol. The van der Waals surface area contributed by atoms with Crippen molar-refractivity contribution >= 4 is 40.8 Å². The molecule has 114 valence electrons. The van der Waals surface area contributed by atoms with Crippen LogP contribution in [0.25, 0.3) is 0 Å². The maximum atomic E-state index is 11.9. The van der Waals surface area contributed by atoms with Crippen molar-refractivity contribution in [3.63, 3.8) is 0 Å². The molecule has 1 aromatic rings. The zero-order valence-corrected chi connectivity index (χ0v) is 13.3. The second-order valence-electron chi connectivity index (χ2n) is 5.27. The summed E-state index contributed by atoms with van der Waals surface area (Å²) in [5.41, 5.74) is 0.548. The molecule has 2 N–H and O–H groups in total. The number of halogens is 2. The second-order valence-corrected chi connectivity index (χ2v) is 6.08. The Kier molecular flexibility index (Phi) is 4.96. The van der Waals surface area contributed by atoms with Gasteiger partial charge < -0.3 is 15.5 Å². The van der Waals surface area contributed by atoms with E-state index in [1.807, 2.05) is 13.8 Å². The Morgan fingerprint density at radius 2 is 2.05 bits per heavy atom. The van der Waals surface area contributed by atoms with Gasteiger partial charge in [-0.05, 0) is 32.0 Å². The van der Waals surface area contributed by atoms with Crippen molar-refractivity contribution in [2.75, 3.05) is 11.9 Å². The Morgan fingerprint density at radius 1 is 1.33 bits per heavy atom. The van der Waals surface area contributed by atoms with Gasteiger partial charge in [0.15, 0.2) is 0 Å². The minimum absolute atomic E-state index is 0.0600. The Balaban J connectivity index is 1.90. The molecule has 2 rings (SSSR count). The molecule has 0 aliphatic carbocycles. The van der Waals surface area contributed by atoms with Gasteiger partial charge in [-0.3, -0.25) is 4.79 Å².